The normalized spacial score (nSPS) is 10.3. The van der Waals surface area contributed by atoms with Crippen LogP contribution >= 0.6 is 0 Å². The number of hydrogen-bond donors (Lipinski definition) is 2. The van der Waals surface area contributed by atoms with Crippen LogP contribution in [0.4, 0.5) is 4.79 Å². The maximum absolute atomic E-state index is 11.9. The molecule has 0 bridgehead atoms. The number of carbonyl (C=O) groups excluding carboxylic acids is 1. The summed E-state index contributed by atoms with van der Waals surface area (Å²) in [5.74, 6) is -0.325. The van der Waals surface area contributed by atoms with Crippen molar-refractivity contribution in [2.45, 2.75) is 19.6 Å². The summed E-state index contributed by atoms with van der Waals surface area (Å²) < 4.78 is 6.35. The summed E-state index contributed by atoms with van der Waals surface area (Å²) in [5, 5.41) is 18.7. The van der Waals surface area contributed by atoms with Crippen molar-refractivity contribution in [1.82, 2.24) is 25.2 Å². The van der Waals surface area contributed by atoms with Crippen LogP contribution in [0, 0.1) is 0 Å². The molecule has 0 aliphatic heterocycles. The number of nitrogens with zero attached hydrogens (tertiary/aromatic N) is 4. The molecule has 0 fully saturated rings. The standard InChI is InChI=1S/C12H15N5O4/c1-16(7-10-3-2-4-21-10)12(20)13-5-9-6-17(15-14-9)8-11(18)19/h2-4,6H,5,7-8H2,1H3,(H,13,20)(H,18,19). The van der Waals surface area contributed by atoms with E-state index in [9.17, 15) is 9.59 Å². The number of carboxylic acid groups (broad SMARTS) is 1. The van der Waals surface area contributed by atoms with Gasteiger partial charge in [-0.3, -0.25) is 4.79 Å². The fourth-order valence-corrected chi connectivity index (χ4v) is 1.64. The summed E-state index contributed by atoms with van der Waals surface area (Å²) in [6.45, 7) is 0.255. The van der Waals surface area contributed by atoms with E-state index in [1.54, 1.807) is 25.4 Å². The molecule has 2 aromatic heterocycles. The predicted octanol–water partition coefficient (Wildman–Crippen LogP) is 0.297. The number of carbonyl (C=O) groups is 2. The Kier molecular flexibility index (Phi) is 4.54. The molecule has 0 aliphatic rings. The number of aromatic nitrogens is 3. The van der Waals surface area contributed by atoms with Gasteiger partial charge in [-0.1, -0.05) is 5.21 Å². The van der Waals surface area contributed by atoms with Crippen LogP contribution in [0.25, 0.3) is 0 Å². The van der Waals surface area contributed by atoms with E-state index < -0.39 is 5.97 Å². The minimum atomic E-state index is -1.01. The average molecular weight is 293 g/mol. The molecule has 112 valence electrons. The highest BCUT2D eigenvalue weighted by molar-refractivity contribution is 5.73. The van der Waals surface area contributed by atoms with Gasteiger partial charge in [-0.2, -0.15) is 0 Å². The molecule has 9 heteroatoms. The second-order valence-corrected chi connectivity index (χ2v) is 4.40. The molecular formula is C12H15N5O4. The van der Waals surface area contributed by atoms with Gasteiger partial charge in [0, 0.05) is 7.05 Å². The van der Waals surface area contributed by atoms with Gasteiger partial charge in [0.2, 0.25) is 0 Å². The minimum absolute atomic E-state index is 0.168. The molecule has 9 nitrogen and oxygen atoms in total. The predicted molar refractivity (Wildman–Crippen MR) is 70.1 cm³/mol. The van der Waals surface area contributed by atoms with Gasteiger partial charge in [-0.05, 0) is 12.1 Å². The molecule has 2 heterocycles. The third-order valence-corrected chi connectivity index (χ3v) is 2.62. The largest absolute Gasteiger partial charge is 0.480 e. The van der Waals surface area contributed by atoms with Gasteiger partial charge in [-0.25, -0.2) is 9.48 Å². The summed E-state index contributed by atoms with van der Waals surface area (Å²) in [4.78, 5) is 23.8. The highest BCUT2D eigenvalue weighted by Crippen LogP contribution is 2.04. The molecule has 0 radical (unpaired) electrons. The van der Waals surface area contributed by atoms with E-state index in [0.29, 0.717) is 18.0 Å². The fourth-order valence-electron chi connectivity index (χ4n) is 1.64. The number of hydrogen-bond acceptors (Lipinski definition) is 5. The van der Waals surface area contributed by atoms with Gasteiger partial charge in [0.15, 0.2) is 0 Å². The monoisotopic (exact) mass is 293 g/mol. The topological polar surface area (TPSA) is 113 Å². The minimum Gasteiger partial charge on any atom is -0.480 e. The van der Waals surface area contributed by atoms with Crippen molar-refractivity contribution in [3.8, 4) is 0 Å². The lowest BCUT2D eigenvalue weighted by Crippen LogP contribution is -2.36. The molecule has 2 amide bonds. The molecule has 0 saturated carbocycles. The van der Waals surface area contributed by atoms with E-state index in [2.05, 4.69) is 15.6 Å². The summed E-state index contributed by atoms with van der Waals surface area (Å²) in [6, 6.07) is 3.24. The van der Waals surface area contributed by atoms with Crippen molar-refractivity contribution in [1.29, 1.82) is 0 Å². The van der Waals surface area contributed by atoms with Gasteiger partial charge in [0.05, 0.1) is 25.5 Å². The van der Waals surface area contributed by atoms with Gasteiger partial charge < -0.3 is 19.7 Å². The Balaban J connectivity index is 1.80. The molecule has 0 saturated heterocycles. The van der Waals surface area contributed by atoms with E-state index in [0.717, 1.165) is 0 Å². The summed E-state index contributed by atoms with van der Waals surface area (Å²) in [5.41, 5.74) is 0.482. The number of aliphatic carboxylic acids is 1. The van der Waals surface area contributed by atoms with Gasteiger partial charge >= 0.3 is 12.0 Å². The molecule has 2 aromatic rings. The summed E-state index contributed by atoms with van der Waals surface area (Å²) in [7, 11) is 1.64. The van der Waals surface area contributed by atoms with E-state index in [4.69, 9.17) is 9.52 Å². The molecule has 0 aliphatic carbocycles. The highest BCUT2D eigenvalue weighted by Gasteiger charge is 2.11. The molecule has 0 atom stereocenters. The number of nitrogens with one attached hydrogen (secondary N) is 1. The lowest BCUT2D eigenvalue weighted by atomic mass is 10.4. The Morgan fingerprint density at radius 2 is 2.33 bits per heavy atom. The van der Waals surface area contributed by atoms with Crippen molar-refractivity contribution >= 4 is 12.0 Å². The first-order valence-electron chi connectivity index (χ1n) is 6.16. The second-order valence-electron chi connectivity index (χ2n) is 4.40. The number of amides is 2. The maximum Gasteiger partial charge on any atom is 0.325 e. The van der Waals surface area contributed by atoms with Crippen molar-refractivity contribution in [3.05, 3.63) is 36.0 Å². The zero-order valence-electron chi connectivity index (χ0n) is 11.4. The number of carboxylic acids is 1. The van der Waals surface area contributed by atoms with Gasteiger partial charge in [-0.15, -0.1) is 5.10 Å². The quantitative estimate of drug-likeness (QED) is 0.791. The zero-order valence-corrected chi connectivity index (χ0v) is 11.4. The lowest BCUT2D eigenvalue weighted by Gasteiger charge is -2.15. The molecular weight excluding hydrogens is 278 g/mol. The highest BCUT2D eigenvalue weighted by atomic mass is 16.4. The first-order chi connectivity index (χ1) is 10.0. The lowest BCUT2D eigenvalue weighted by molar-refractivity contribution is -0.137. The molecule has 0 unspecified atom stereocenters. The molecule has 2 N–H and O–H groups in total. The van der Waals surface area contributed by atoms with Crippen LogP contribution in [0.15, 0.2) is 29.0 Å². The first kappa shape index (κ1) is 14.6. The molecule has 0 aromatic carbocycles. The molecule has 0 spiro atoms. The molecule has 2 rings (SSSR count). The van der Waals surface area contributed by atoms with E-state index in [-0.39, 0.29) is 19.1 Å². The van der Waals surface area contributed by atoms with E-state index >= 15 is 0 Å². The Morgan fingerprint density at radius 1 is 1.52 bits per heavy atom. The van der Waals surface area contributed by atoms with Crippen molar-refractivity contribution < 1.29 is 19.1 Å². The molecule has 21 heavy (non-hydrogen) atoms. The van der Waals surface area contributed by atoms with E-state index in [1.807, 2.05) is 0 Å². The number of urea groups is 1. The Hall–Kier alpha value is -2.84. The van der Waals surface area contributed by atoms with Crippen LogP contribution < -0.4 is 5.32 Å². The second kappa shape index (κ2) is 6.55. The summed E-state index contributed by atoms with van der Waals surface area (Å²) in [6.07, 6.45) is 3.02. The number of furan rings is 1. The van der Waals surface area contributed by atoms with Crippen LogP contribution in [0.3, 0.4) is 0 Å². The Labute approximate surface area is 120 Å². The van der Waals surface area contributed by atoms with Crippen molar-refractivity contribution in [2.75, 3.05) is 7.05 Å². The van der Waals surface area contributed by atoms with Crippen molar-refractivity contribution in [2.24, 2.45) is 0 Å². The van der Waals surface area contributed by atoms with Crippen LogP contribution in [-0.4, -0.2) is 44.0 Å². The van der Waals surface area contributed by atoms with E-state index in [1.165, 1.54) is 15.8 Å². The zero-order chi connectivity index (χ0) is 15.2. The van der Waals surface area contributed by atoms with Crippen molar-refractivity contribution in [3.63, 3.8) is 0 Å². The van der Waals surface area contributed by atoms with Crippen LogP contribution in [0.1, 0.15) is 11.5 Å². The first-order valence-corrected chi connectivity index (χ1v) is 6.16. The van der Waals surface area contributed by atoms with Gasteiger partial charge in [0.1, 0.15) is 18.0 Å². The number of rotatable bonds is 6. The third kappa shape index (κ3) is 4.34. The third-order valence-electron chi connectivity index (χ3n) is 2.62. The van der Waals surface area contributed by atoms with Crippen LogP contribution in [0.2, 0.25) is 0 Å². The average Bonchev–Trinajstić information content (AvgIpc) is 3.07. The smallest absolute Gasteiger partial charge is 0.325 e. The Bertz CT molecular complexity index is 607. The summed E-state index contributed by atoms with van der Waals surface area (Å²) >= 11 is 0. The van der Waals surface area contributed by atoms with Crippen LogP contribution in [-0.2, 0) is 24.4 Å². The van der Waals surface area contributed by atoms with Crippen LogP contribution in [0.5, 0.6) is 0 Å². The maximum atomic E-state index is 11.9. The SMILES string of the molecule is CN(Cc1ccco1)C(=O)NCc1cn(CC(=O)O)nn1. The fraction of sp³-hybridized carbons (Fsp3) is 0.333. The Morgan fingerprint density at radius 3 is 3.00 bits per heavy atom. The van der Waals surface area contributed by atoms with Gasteiger partial charge in [0.25, 0.3) is 0 Å².